The topological polar surface area (TPSA) is 103 Å². The number of ether oxygens (including phenoxy) is 4. The van der Waals surface area contributed by atoms with Gasteiger partial charge in [0.2, 0.25) is 0 Å². The van der Waals surface area contributed by atoms with Gasteiger partial charge in [0.25, 0.3) is 15.9 Å². The number of carbonyl (C=O) groups is 1. The molecule has 0 saturated heterocycles. The van der Waals surface area contributed by atoms with E-state index >= 15 is 0 Å². The predicted octanol–water partition coefficient (Wildman–Crippen LogP) is 2.59. The van der Waals surface area contributed by atoms with Gasteiger partial charge in [0, 0.05) is 25.2 Å². The maximum absolute atomic E-state index is 13.2. The molecule has 0 saturated carbocycles. The molecule has 1 aliphatic rings. The summed E-state index contributed by atoms with van der Waals surface area (Å²) in [7, 11) is 3.42. The summed E-state index contributed by atoms with van der Waals surface area (Å²) in [6, 6.07) is 8.71. The van der Waals surface area contributed by atoms with E-state index in [-0.39, 0.29) is 11.4 Å². The number of amides is 1. The highest BCUT2D eigenvalue weighted by Gasteiger charge is 2.38. The third-order valence-corrected chi connectivity index (χ3v) is 7.48. The Bertz CT molecular complexity index is 1210. The van der Waals surface area contributed by atoms with Crippen molar-refractivity contribution in [3.63, 3.8) is 0 Å². The number of benzene rings is 2. The zero-order chi connectivity index (χ0) is 24.3. The second kappa shape index (κ2) is 9.62. The molecular weight excluding hydrogens is 448 g/mol. The zero-order valence-corrected chi connectivity index (χ0v) is 20.3. The zero-order valence-electron chi connectivity index (χ0n) is 19.5. The highest BCUT2D eigenvalue weighted by Crippen LogP contribution is 2.44. The summed E-state index contributed by atoms with van der Waals surface area (Å²) < 4.78 is 48.6. The molecule has 1 amide bonds. The van der Waals surface area contributed by atoms with Crippen molar-refractivity contribution in [2.75, 3.05) is 46.3 Å². The lowest BCUT2D eigenvalue weighted by atomic mass is 10.0. The molecule has 1 aliphatic heterocycles. The molecular formula is C23H28N2O7S. The number of methoxy groups -OCH3 is 4. The number of allylic oxidation sites excluding steroid dienone is 1. The second-order valence-corrected chi connectivity index (χ2v) is 9.25. The predicted molar refractivity (Wildman–Crippen MR) is 126 cm³/mol. The molecule has 9 nitrogen and oxygen atoms in total. The van der Waals surface area contributed by atoms with E-state index < -0.39 is 15.9 Å². The number of carbonyl (C=O) groups excluding carboxylic acids is 1. The van der Waals surface area contributed by atoms with Gasteiger partial charge in [0.15, 0.2) is 27.9 Å². The first-order chi connectivity index (χ1) is 15.7. The van der Waals surface area contributed by atoms with Crippen LogP contribution in [0.1, 0.15) is 18.1 Å². The molecule has 0 unspecified atom stereocenters. The number of nitrogens with one attached hydrogen (secondary N) is 1. The average molecular weight is 477 g/mol. The van der Waals surface area contributed by atoms with Gasteiger partial charge < -0.3 is 24.3 Å². The monoisotopic (exact) mass is 476 g/mol. The number of hydrogen-bond donors (Lipinski definition) is 1. The molecule has 2 aromatic carbocycles. The number of sulfonamides is 1. The van der Waals surface area contributed by atoms with Crippen LogP contribution in [0.3, 0.4) is 0 Å². The molecule has 178 valence electrons. The van der Waals surface area contributed by atoms with E-state index in [1.807, 2.05) is 12.1 Å². The molecule has 0 spiro atoms. The van der Waals surface area contributed by atoms with Crippen LogP contribution in [0.15, 0.2) is 35.2 Å². The van der Waals surface area contributed by atoms with Crippen LogP contribution in [0.25, 0.3) is 5.57 Å². The lowest BCUT2D eigenvalue weighted by Crippen LogP contribution is -2.39. The summed E-state index contributed by atoms with van der Waals surface area (Å²) >= 11 is 0. The second-order valence-electron chi connectivity index (χ2n) is 7.35. The minimum atomic E-state index is -4.06. The molecule has 0 bridgehead atoms. The molecule has 2 aromatic rings. The summed E-state index contributed by atoms with van der Waals surface area (Å²) in [6.07, 6.45) is 0.482. The number of nitrogens with zero attached hydrogens (tertiary/aromatic N) is 1. The standard InChI is InChI=1S/C23H28N2O7S/c1-14-16-12-20(31-5)21(32-6)13-17(16)25(2)33(27,28)22(14)23(26)24-10-9-15-7-8-18(29-3)19(11-15)30-4/h7-8,11-13H,9-10H2,1-6H3,(H,24,26). The third kappa shape index (κ3) is 4.43. The average Bonchev–Trinajstić information content (AvgIpc) is 2.81. The molecule has 0 atom stereocenters. The maximum atomic E-state index is 13.2. The highest BCUT2D eigenvalue weighted by atomic mass is 32.2. The van der Waals surface area contributed by atoms with Crippen LogP contribution in [0.5, 0.6) is 23.0 Å². The van der Waals surface area contributed by atoms with Crippen LogP contribution in [0, 0.1) is 0 Å². The Morgan fingerprint density at radius 1 is 0.909 bits per heavy atom. The number of anilines is 1. The first kappa shape index (κ1) is 24.2. The quantitative estimate of drug-likeness (QED) is 0.625. The molecule has 10 heteroatoms. The van der Waals surface area contributed by atoms with Gasteiger partial charge in [-0.05, 0) is 42.7 Å². The van der Waals surface area contributed by atoms with Gasteiger partial charge in [0.05, 0.1) is 34.1 Å². The van der Waals surface area contributed by atoms with Crippen LogP contribution in [0.2, 0.25) is 0 Å². The minimum Gasteiger partial charge on any atom is -0.493 e. The van der Waals surface area contributed by atoms with Gasteiger partial charge in [-0.1, -0.05) is 6.07 Å². The summed E-state index contributed by atoms with van der Waals surface area (Å²) in [5.74, 6) is 1.36. The lowest BCUT2D eigenvalue weighted by molar-refractivity contribution is -0.116. The van der Waals surface area contributed by atoms with Crippen molar-refractivity contribution in [2.24, 2.45) is 0 Å². The minimum absolute atomic E-state index is 0.239. The van der Waals surface area contributed by atoms with Crippen LogP contribution in [0.4, 0.5) is 5.69 Å². The summed E-state index contributed by atoms with van der Waals surface area (Å²) in [4.78, 5) is 12.7. The normalized spacial score (nSPS) is 14.4. The largest absolute Gasteiger partial charge is 0.493 e. The van der Waals surface area contributed by atoms with Gasteiger partial charge in [0.1, 0.15) is 0 Å². The van der Waals surface area contributed by atoms with Crippen molar-refractivity contribution >= 4 is 27.2 Å². The Morgan fingerprint density at radius 2 is 1.48 bits per heavy atom. The van der Waals surface area contributed by atoms with Crippen molar-refractivity contribution in [2.45, 2.75) is 13.3 Å². The van der Waals surface area contributed by atoms with Gasteiger partial charge in [-0.2, -0.15) is 0 Å². The van der Waals surface area contributed by atoms with Crippen LogP contribution in [-0.2, 0) is 21.2 Å². The van der Waals surface area contributed by atoms with Gasteiger partial charge in [-0.3, -0.25) is 9.10 Å². The Morgan fingerprint density at radius 3 is 2.09 bits per heavy atom. The lowest BCUT2D eigenvalue weighted by Gasteiger charge is -2.30. The van der Waals surface area contributed by atoms with Gasteiger partial charge in [-0.25, -0.2) is 8.42 Å². The number of hydrogen-bond acceptors (Lipinski definition) is 7. The SMILES string of the molecule is COc1ccc(CCNC(=O)C2=C(C)c3cc(OC)c(OC)cc3N(C)S2(=O)=O)cc1OC. The van der Waals surface area contributed by atoms with E-state index in [2.05, 4.69) is 5.32 Å². The van der Waals surface area contributed by atoms with Crippen molar-refractivity contribution in [1.29, 1.82) is 0 Å². The fraction of sp³-hybridized carbons (Fsp3) is 0.348. The third-order valence-electron chi connectivity index (χ3n) is 5.56. The van der Waals surface area contributed by atoms with E-state index in [1.165, 1.54) is 21.3 Å². The van der Waals surface area contributed by atoms with Gasteiger partial charge in [-0.15, -0.1) is 0 Å². The van der Waals surface area contributed by atoms with E-state index in [9.17, 15) is 13.2 Å². The molecule has 1 N–H and O–H groups in total. The Kier molecular flexibility index (Phi) is 7.06. The van der Waals surface area contributed by atoms with Gasteiger partial charge >= 0.3 is 0 Å². The molecule has 0 radical (unpaired) electrons. The first-order valence-electron chi connectivity index (χ1n) is 10.1. The molecule has 0 aromatic heterocycles. The first-order valence-corrected chi connectivity index (χ1v) is 11.6. The number of fused-ring (bicyclic) bond motifs is 1. The maximum Gasteiger partial charge on any atom is 0.269 e. The Balaban J connectivity index is 1.87. The molecule has 0 aliphatic carbocycles. The highest BCUT2D eigenvalue weighted by molar-refractivity contribution is 7.97. The van der Waals surface area contributed by atoms with Crippen molar-refractivity contribution in [1.82, 2.24) is 5.32 Å². The van der Waals surface area contributed by atoms with Crippen LogP contribution < -0.4 is 28.6 Å². The van der Waals surface area contributed by atoms with Crippen molar-refractivity contribution in [3.05, 3.63) is 46.4 Å². The fourth-order valence-electron chi connectivity index (χ4n) is 3.74. The van der Waals surface area contributed by atoms with E-state index in [1.54, 1.807) is 39.3 Å². The summed E-state index contributed by atoms with van der Waals surface area (Å²) in [6.45, 7) is 1.85. The smallest absolute Gasteiger partial charge is 0.269 e. The molecule has 1 heterocycles. The summed E-state index contributed by atoms with van der Waals surface area (Å²) in [5, 5.41) is 2.72. The molecule has 0 fully saturated rings. The summed E-state index contributed by atoms with van der Waals surface area (Å²) in [5.41, 5.74) is 2.24. The molecule has 33 heavy (non-hydrogen) atoms. The Hall–Kier alpha value is -3.40. The van der Waals surface area contributed by atoms with E-state index in [0.717, 1.165) is 9.87 Å². The fourth-order valence-corrected chi connectivity index (χ4v) is 5.22. The van der Waals surface area contributed by atoms with Crippen molar-refractivity contribution in [3.8, 4) is 23.0 Å². The van der Waals surface area contributed by atoms with Crippen LogP contribution >= 0.6 is 0 Å². The Labute approximate surface area is 193 Å². The van der Waals surface area contributed by atoms with Crippen LogP contribution in [-0.4, -0.2) is 56.4 Å². The van der Waals surface area contributed by atoms with E-state index in [4.69, 9.17) is 18.9 Å². The molecule has 3 rings (SSSR count). The van der Waals surface area contributed by atoms with E-state index in [0.29, 0.717) is 46.2 Å². The number of rotatable bonds is 8. The van der Waals surface area contributed by atoms with Crippen molar-refractivity contribution < 1.29 is 32.2 Å².